The first-order valence-electron chi connectivity index (χ1n) is 38.6. The highest BCUT2D eigenvalue weighted by Crippen LogP contribution is 2.28. The Kier molecular flexibility index (Phi) is 50.4. The third-order valence-electron chi connectivity index (χ3n) is 17.3. The van der Waals surface area contributed by atoms with Crippen molar-refractivity contribution in [3.05, 3.63) is 110 Å². The number of aliphatic hydroxyl groups is 1. The fraction of sp³-hybridized carbons (Fsp3) is 0.590. The van der Waals surface area contributed by atoms with Crippen LogP contribution in [0.15, 0.2) is 114 Å². The molecule has 6 aliphatic heterocycles. The largest absolute Gasteiger partial charge is 0.500 e. The van der Waals surface area contributed by atoms with Gasteiger partial charge in [-0.3, -0.25) is 61.7 Å². The SMILES string of the molecule is CC(C)[C@H]1/C=C/C(=O)NCCO/C=C/[C@H](N)C(=O)N1.CC(C)[C@H]1/C=C/C(=O)NCCOC[C@H](N)C(=O)N1.CC(C)[C@H]1/C=C/C(=O)NCCS(=O)C[C@H](N)C(=O)N1.CC(C)[C@H]1/C=C/C(=O)NCCSC[C@H](N)C(=O)N1.CC(C)[C@H]1/C=C/C(=O)NC[C@H](O)CC[C@H](N)C(=O)N1.CC(C)[C@H]1/C=C/C(=O)Nc2ccccc2SC[C@H](N)C(=O)N1. The summed E-state index contributed by atoms with van der Waals surface area (Å²) in [4.78, 5) is 142. The number of hydrogen-bond acceptors (Lipinski definition) is 24. The Morgan fingerprint density at radius 1 is 0.426 bits per heavy atom. The lowest BCUT2D eigenvalue weighted by Crippen LogP contribution is -2.49. The van der Waals surface area contributed by atoms with E-state index in [0.29, 0.717) is 69.5 Å². The molecule has 14 atom stereocenters. The molecule has 0 saturated heterocycles. The van der Waals surface area contributed by atoms with Gasteiger partial charge in [0.2, 0.25) is 70.9 Å². The topological polar surface area (TPSA) is 561 Å². The molecule has 34 nitrogen and oxygen atoms in total. The quantitative estimate of drug-likeness (QED) is 0.156. The Labute approximate surface area is 687 Å². The van der Waals surface area contributed by atoms with Crippen LogP contribution in [0.2, 0.25) is 0 Å². The number of nitrogens with one attached hydrogen (secondary N) is 12. The molecule has 6 aliphatic rings. The summed E-state index contributed by atoms with van der Waals surface area (Å²) >= 11 is 3.03. The van der Waals surface area contributed by atoms with Gasteiger partial charge in [0.1, 0.15) is 18.7 Å². The fourth-order valence-electron chi connectivity index (χ4n) is 9.87. The molecular formula is C78H128N18O16S3. The van der Waals surface area contributed by atoms with E-state index in [1.165, 1.54) is 60.6 Å². The Hall–Kier alpha value is -8.63. The lowest BCUT2D eigenvalue weighted by molar-refractivity contribution is -0.125. The molecule has 0 fully saturated rings. The Morgan fingerprint density at radius 2 is 0.809 bits per heavy atom. The standard InChI is InChI=1S/C16H21N3O2S.C13H21N3O3.C13H23N3O3.C12H21N3O3S.C12H21N3O3.C12H21N3O2S/c1-10(2)12-7-8-15(20)18-13-5-3-4-6-14(13)22-9-11(17)16(21)19-12;1-9(2)11-3-4-12(17)15-6-8-19-7-5-10(14)13(18)16-11;1-8(2)11-5-6-12(18)15-7-9(17)3-4-10(14)13(19)16-11;1-8(2)10-3-4-11(16)14-5-6-19(18)7-9(13)12(17)15-10;2*1-8(2)10-3-4-11(16)14-5-6-18-7-9(13)12(17)15-10/h3-8,10-12H,9,17H2,1-2H3,(H,18,20)(H,19,21);3-5,7,9-11H,6,8,14H2,1-2H3,(H,15,17)(H,16,18);5-6,8-11,17H,3-4,7,14H2,1-2H3,(H,15,18)(H,16,19);3-4,8-10H,5-7,13H2,1-2H3,(H,14,16)(H,15,17);2*3-4,8-10H,5-7,13H2,1-2H3,(H,14,16)(H,15,17)/b8-7+;4-3+,7-5+;6-5+;3*4-3+/t11-,12+;10-,11+;9-,10+,11-;9-,10+,19?;2*9-,10+/m001000/s1. The van der Waals surface area contributed by atoms with E-state index in [9.17, 15) is 66.8 Å². The number of rotatable bonds is 6. The summed E-state index contributed by atoms with van der Waals surface area (Å²) in [6.45, 7) is 26.2. The number of ether oxygens (including phenoxy) is 2. The summed E-state index contributed by atoms with van der Waals surface area (Å²) in [7, 11) is -1.21. The van der Waals surface area contributed by atoms with Crippen molar-refractivity contribution < 1.29 is 76.3 Å². The van der Waals surface area contributed by atoms with Crippen LogP contribution in [-0.4, -0.2) is 240 Å². The van der Waals surface area contributed by atoms with Crippen LogP contribution in [0, 0.1) is 35.5 Å². The number of β-amino-alcohol motifs (C(OH)–C–C–N with tert-alkyl or cyclic N) is 1. The van der Waals surface area contributed by atoms with Crippen LogP contribution in [0.25, 0.3) is 0 Å². The van der Waals surface area contributed by atoms with Crippen LogP contribution in [0.3, 0.4) is 0 Å². The third kappa shape index (κ3) is 44.9. The van der Waals surface area contributed by atoms with Gasteiger partial charge in [-0.1, -0.05) is 132 Å². The van der Waals surface area contributed by atoms with Gasteiger partial charge < -0.3 is 113 Å². The number of nitrogens with two attached hydrogens (primary N) is 6. The van der Waals surface area contributed by atoms with Crippen molar-refractivity contribution in [2.75, 3.05) is 86.6 Å². The zero-order valence-electron chi connectivity index (χ0n) is 68.2. The zero-order valence-corrected chi connectivity index (χ0v) is 70.7. The number of carbonyl (C=O) groups excluding carboxylic acids is 12. The number of benzene rings is 1. The van der Waals surface area contributed by atoms with E-state index in [2.05, 4.69) is 63.8 Å². The zero-order chi connectivity index (χ0) is 86.3. The van der Waals surface area contributed by atoms with Crippen molar-refractivity contribution in [3.8, 4) is 0 Å². The maximum atomic E-state index is 12.2. The molecule has 0 radical (unpaired) electrons. The van der Waals surface area contributed by atoms with Gasteiger partial charge in [-0.15, -0.1) is 11.8 Å². The number of fused-ring (bicyclic) bond motifs is 1. The van der Waals surface area contributed by atoms with Crippen LogP contribution in [0.4, 0.5) is 5.69 Å². The smallest absolute Gasteiger partial charge is 0.248 e. The number of aliphatic hydroxyl groups excluding tert-OH is 1. The molecule has 1 aromatic rings. The predicted molar refractivity (Wildman–Crippen MR) is 451 cm³/mol. The molecule has 12 amide bonds. The van der Waals surface area contributed by atoms with Crippen LogP contribution in [0.5, 0.6) is 0 Å². The van der Waals surface area contributed by atoms with Crippen LogP contribution in [-0.2, 0) is 77.8 Å². The van der Waals surface area contributed by atoms with Gasteiger partial charge in [-0.05, 0) is 66.6 Å². The predicted octanol–water partition coefficient (Wildman–Crippen LogP) is -1.37. The molecule has 0 aliphatic carbocycles. The van der Waals surface area contributed by atoms with Gasteiger partial charge >= 0.3 is 0 Å². The summed E-state index contributed by atoms with van der Waals surface area (Å²) in [5.74, 6) is 0.411. The Morgan fingerprint density at radius 3 is 1.28 bits per heavy atom. The minimum Gasteiger partial charge on any atom is -0.500 e. The number of thioether (sulfide) groups is 2. The minimum atomic E-state index is -1.21. The highest BCUT2D eigenvalue weighted by molar-refractivity contribution is 7.99. The highest BCUT2D eigenvalue weighted by atomic mass is 32.2. The molecule has 25 N–H and O–H groups in total. The molecule has 6 heterocycles. The second-order valence-electron chi connectivity index (χ2n) is 29.5. The average Bonchev–Trinajstić information content (AvgIpc) is 0.950. The summed E-state index contributed by atoms with van der Waals surface area (Å²) < 4.78 is 22.0. The molecular weight excluding hydrogens is 1540 g/mol. The number of para-hydroxylation sites is 1. The van der Waals surface area contributed by atoms with E-state index in [1.807, 2.05) is 107 Å². The monoisotopic (exact) mass is 1670 g/mol. The van der Waals surface area contributed by atoms with Gasteiger partial charge in [0, 0.05) is 143 Å². The molecule has 7 rings (SSSR count). The van der Waals surface area contributed by atoms with Crippen molar-refractivity contribution in [2.24, 2.45) is 69.9 Å². The fourth-order valence-corrected chi connectivity index (χ4v) is 12.7. The summed E-state index contributed by atoms with van der Waals surface area (Å²) in [5.41, 5.74) is 35.4. The molecule has 0 bridgehead atoms. The number of hydrogen-bond donors (Lipinski definition) is 19. The molecule has 1 unspecified atom stereocenters. The number of anilines is 1. The first kappa shape index (κ1) is 102. The van der Waals surface area contributed by atoms with Crippen LogP contribution in [0.1, 0.15) is 95.9 Å². The van der Waals surface area contributed by atoms with Gasteiger partial charge in [0.05, 0.1) is 62.0 Å². The Bertz CT molecular complexity index is 3460. The van der Waals surface area contributed by atoms with Crippen molar-refractivity contribution in [2.45, 2.75) is 179 Å². The summed E-state index contributed by atoms with van der Waals surface area (Å²) in [5, 5.41) is 42.8. The number of amides is 12. The van der Waals surface area contributed by atoms with E-state index in [-0.39, 0.29) is 162 Å². The highest BCUT2D eigenvalue weighted by Gasteiger charge is 2.27. The van der Waals surface area contributed by atoms with Crippen molar-refractivity contribution in [1.29, 1.82) is 0 Å². The average molecular weight is 1670 g/mol. The van der Waals surface area contributed by atoms with Crippen molar-refractivity contribution in [3.63, 3.8) is 0 Å². The normalized spacial score (nSPS) is 29.1. The molecule has 115 heavy (non-hydrogen) atoms. The van der Waals surface area contributed by atoms with Crippen LogP contribution >= 0.6 is 23.5 Å². The molecule has 0 spiro atoms. The third-order valence-corrected chi connectivity index (χ3v) is 21.0. The molecule has 0 aromatic heterocycles. The molecule has 644 valence electrons. The van der Waals surface area contributed by atoms with E-state index < -0.39 is 53.2 Å². The molecule has 37 heteroatoms. The first-order valence-corrected chi connectivity index (χ1v) is 42.2. The first-order chi connectivity index (χ1) is 54.3. The molecule has 0 saturated carbocycles. The van der Waals surface area contributed by atoms with Crippen LogP contribution < -0.4 is 98.2 Å². The van der Waals surface area contributed by atoms with E-state index in [0.717, 1.165) is 16.3 Å². The lowest BCUT2D eigenvalue weighted by Gasteiger charge is -2.22. The Balaban J connectivity index is 0.000000469. The summed E-state index contributed by atoms with van der Waals surface area (Å²) in [6, 6.07) is 2.18. The minimum absolute atomic E-state index is 0.107. The van der Waals surface area contributed by atoms with Gasteiger partial charge in [-0.2, -0.15) is 11.8 Å². The van der Waals surface area contributed by atoms with E-state index in [1.54, 1.807) is 48.2 Å². The number of carbonyl (C=O) groups is 12. The maximum Gasteiger partial charge on any atom is 0.248 e. The van der Waals surface area contributed by atoms with Crippen molar-refractivity contribution in [1.82, 2.24) is 58.5 Å². The maximum absolute atomic E-state index is 12.2. The summed E-state index contributed by atoms with van der Waals surface area (Å²) in [6.07, 6.45) is 21.6. The van der Waals surface area contributed by atoms with Gasteiger partial charge in [0.15, 0.2) is 0 Å². The van der Waals surface area contributed by atoms with E-state index >= 15 is 0 Å². The van der Waals surface area contributed by atoms with Crippen molar-refractivity contribution >= 4 is 111 Å². The second-order valence-corrected chi connectivity index (χ2v) is 33.3. The lowest BCUT2D eigenvalue weighted by atomic mass is 10.0. The van der Waals surface area contributed by atoms with Gasteiger partial charge in [0.25, 0.3) is 0 Å². The van der Waals surface area contributed by atoms with E-state index in [4.69, 9.17) is 43.9 Å². The van der Waals surface area contributed by atoms with Gasteiger partial charge in [-0.25, -0.2) is 0 Å². The molecule has 1 aromatic carbocycles. The second kappa shape index (κ2) is 56.6.